The first-order chi connectivity index (χ1) is 8.66. The van der Waals surface area contributed by atoms with Crippen LogP contribution in [0.2, 0.25) is 0 Å². The quantitative estimate of drug-likeness (QED) is 0.649. The molecule has 1 fully saturated rings. The standard InChI is InChI=1S/C14H19NO2S/c1-11-3-5-12(6-4-11)14(17-13(16)9-18)7-2-8-15-10-14/h3-6,15,18H,2,7-10H2,1H3. The molecule has 1 aromatic rings. The summed E-state index contributed by atoms with van der Waals surface area (Å²) in [5, 5.41) is 3.32. The zero-order chi connectivity index (χ0) is 13.0. The van der Waals surface area contributed by atoms with Gasteiger partial charge in [0, 0.05) is 6.54 Å². The highest BCUT2D eigenvalue weighted by molar-refractivity contribution is 7.81. The van der Waals surface area contributed by atoms with Crippen LogP contribution in [0.15, 0.2) is 24.3 Å². The Hall–Kier alpha value is -1.00. The Balaban J connectivity index is 2.28. The molecule has 1 saturated heterocycles. The molecular formula is C14H19NO2S. The second-order valence-corrected chi connectivity index (χ2v) is 5.09. The van der Waals surface area contributed by atoms with Gasteiger partial charge >= 0.3 is 5.97 Å². The molecule has 0 aromatic heterocycles. The van der Waals surface area contributed by atoms with Gasteiger partial charge < -0.3 is 10.1 Å². The first-order valence-electron chi connectivity index (χ1n) is 6.27. The van der Waals surface area contributed by atoms with Crippen molar-refractivity contribution in [2.45, 2.75) is 25.4 Å². The normalized spacial score (nSPS) is 23.7. The molecule has 1 aliphatic rings. The van der Waals surface area contributed by atoms with E-state index in [4.69, 9.17) is 4.74 Å². The maximum absolute atomic E-state index is 11.6. The summed E-state index contributed by atoms with van der Waals surface area (Å²) in [7, 11) is 0. The van der Waals surface area contributed by atoms with Crippen LogP contribution in [0.3, 0.4) is 0 Å². The van der Waals surface area contributed by atoms with Gasteiger partial charge in [-0.05, 0) is 31.9 Å². The number of thiol groups is 1. The molecule has 1 aliphatic heterocycles. The number of ether oxygens (including phenoxy) is 1. The highest BCUT2D eigenvalue weighted by Crippen LogP contribution is 2.33. The maximum Gasteiger partial charge on any atom is 0.316 e. The summed E-state index contributed by atoms with van der Waals surface area (Å²) in [6.07, 6.45) is 1.87. The third-order valence-electron chi connectivity index (χ3n) is 3.36. The number of hydrogen-bond acceptors (Lipinski definition) is 4. The highest BCUT2D eigenvalue weighted by Gasteiger charge is 2.37. The number of esters is 1. The largest absolute Gasteiger partial charge is 0.452 e. The molecular weight excluding hydrogens is 246 g/mol. The van der Waals surface area contributed by atoms with E-state index in [1.54, 1.807) is 0 Å². The molecule has 98 valence electrons. The van der Waals surface area contributed by atoms with E-state index in [9.17, 15) is 4.79 Å². The van der Waals surface area contributed by atoms with Crippen LogP contribution < -0.4 is 5.32 Å². The van der Waals surface area contributed by atoms with Gasteiger partial charge in [-0.25, -0.2) is 0 Å². The Kier molecular flexibility index (Phi) is 4.30. The monoisotopic (exact) mass is 265 g/mol. The molecule has 1 N–H and O–H groups in total. The maximum atomic E-state index is 11.6. The van der Waals surface area contributed by atoms with Crippen LogP contribution in [0, 0.1) is 6.92 Å². The third kappa shape index (κ3) is 2.87. The van der Waals surface area contributed by atoms with E-state index < -0.39 is 5.60 Å². The molecule has 0 saturated carbocycles. The van der Waals surface area contributed by atoms with E-state index in [0.717, 1.165) is 24.9 Å². The number of hydrogen-bond donors (Lipinski definition) is 2. The minimum Gasteiger partial charge on any atom is -0.452 e. The summed E-state index contributed by atoms with van der Waals surface area (Å²) in [4.78, 5) is 11.6. The first-order valence-corrected chi connectivity index (χ1v) is 6.90. The van der Waals surface area contributed by atoms with E-state index in [-0.39, 0.29) is 11.7 Å². The Morgan fingerprint density at radius 3 is 2.72 bits per heavy atom. The van der Waals surface area contributed by atoms with Gasteiger partial charge in [-0.2, -0.15) is 12.6 Å². The van der Waals surface area contributed by atoms with Crippen molar-refractivity contribution in [3.05, 3.63) is 35.4 Å². The smallest absolute Gasteiger partial charge is 0.316 e. The van der Waals surface area contributed by atoms with E-state index in [1.165, 1.54) is 5.56 Å². The number of piperidine rings is 1. The van der Waals surface area contributed by atoms with Crippen LogP contribution in [0.1, 0.15) is 24.0 Å². The topological polar surface area (TPSA) is 38.3 Å². The van der Waals surface area contributed by atoms with Crippen molar-refractivity contribution >= 4 is 18.6 Å². The van der Waals surface area contributed by atoms with Gasteiger partial charge in [-0.1, -0.05) is 29.8 Å². The van der Waals surface area contributed by atoms with Crippen LogP contribution in [0.4, 0.5) is 0 Å². The predicted octanol–water partition coefficient (Wildman–Crippen LogP) is 2.05. The van der Waals surface area contributed by atoms with Gasteiger partial charge in [0.15, 0.2) is 0 Å². The van der Waals surface area contributed by atoms with E-state index in [0.29, 0.717) is 6.54 Å². The molecule has 0 radical (unpaired) electrons. The Bertz CT molecular complexity index is 410. The lowest BCUT2D eigenvalue weighted by Crippen LogP contribution is -2.46. The van der Waals surface area contributed by atoms with Gasteiger partial charge in [0.2, 0.25) is 0 Å². The van der Waals surface area contributed by atoms with Crippen molar-refractivity contribution in [1.29, 1.82) is 0 Å². The molecule has 4 heteroatoms. The minimum absolute atomic E-state index is 0.119. The summed E-state index contributed by atoms with van der Waals surface area (Å²) in [6.45, 7) is 3.71. The van der Waals surface area contributed by atoms with Crippen LogP contribution in [-0.4, -0.2) is 24.8 Å². The molecule has 1 atom stereocenters. The predicted molar refractivity (Wildman–Crippen MR) is 74.9 cm³/mol. The highest BCUT2D eigenvalue weighted by atomic mass is 32.1. The molecule has 1 unspecified atom stereocenters. The molecule has 1 heterocycles. The second-order valence-electron chi connectivity index (χ2n) is 4.77. The summed E-state index contributed by atoms with van der Waals surface area (Å²) in [5.74, 6) is -0.143. The fourth-order valence-electron chi connectivity index (χ4n) is 2.38. The fourth-order valence-corrected chi connectivity index (χ4v) is 2.44. The van der Waals surface area contributed by atoms with E-state index in [1.807, 2.05) is 12.1 Å². The minimum atomic E-state index is -0.522. The average molecular weight is 265 g/mol. The number of aryl methyl sites for hydroxylation is 1. The molecule has 0 spiro atoms. The van der Waals surface area contributed by atoms with Gasteiger partial charge in [-0.3, -0.25) is 4.79 Å². The number of rotatable bonds is 3. The zero-order valence-electron chi connectivity index (χ0n) is 10.6. The van der Waals surface area contributed by atoms with Crippen molar-refractivity contribution in [3.63, 3.8) is 0 Å². The van der Waals surface area contributed by atoms with Crippen molar-refractivity contribution in [1.82, 2.24) is 5.32 Å². The van der Waals surface area contributed by atoms with Crippen molar-refractivity contribution < 1.29 is 9.53 Å². The van der Waals surface area contributed by atoms with Gasteiger partial charge in [0.1, 0.15) is 5.60 Å². The Morgan fingerprint density at radius 2 is 2.17 bits per heavy atom. The summed E-state index contributed by atoms with van der Waals surface area (Å²) >= 11 is 3.99. The SMILES string of the molecule is Cc1ccc(C2(OC(=O)CS)CCCNC2)cc1. The Labute approximate surface area is 113 Å². The van der Waals surface area contributed by atoms with Crippen LogP contribution >= 0.6 is 12.6 Å². The van der Waals surface area contributed by atoms with Crippen LogP contribution in [0.25, 0.3) is 0 Å². The summed E-state index contributed by atoms with van der Waals surface area (Å²) in [5.41, 5.74) is 1.75. The lowest BCUT2D eigenvalue weighted by molar-refractivity contribution is -0.159. The number of carbonyl (C=O) groups is 1. The second kappa shape index (κ2) is 5.76. The molecule has 1 aromatic carbocycles. The zero-order valence-corrected chi connectivity index (χ0v) is 11.5. The molecule has 3 nitrogen and oxygen atoms in total. The van der Waals surface area contributed by atoms with E-state index in [2.05, 4.69) is 37.0 Å². The van der Waals surface area contributed by atoms with Crippen molar-refractivity contribution in [2.75, 3.05) is 18.8 Å². The van der Waals surface area contributed by atoms with Gasteiger partial charge in [0.05, 0.1) is 5.75 Å². The average Bonchev–Trinajstić information content (AvgIpc) is 2.40. The van der Waals surface area contributed by atoms with Gasteiger partial charge in [-0.15, -0.1) is 0 Å². The van der Waals surface area contributed by atoms with Gasteiger partial charge in [0.25, 0.3) is 0 Å². The van der Waals surface area contributed by atoms with Crippen molar-refractivity contribution in [2.24, 2.45) is 0 Å². The number of nitrogens with one attached hydrogen (secondary N) is 1. The molecule has 18 heavy (non-hydrogen) atoms. The third-order valence-corrected chi connectivity index (χ3v) is 3.62. The summed E-state index contributed by atoms with van der Waals surface area (Å²) < 4.78 is 5.68. The lowest BCUT2D eigenvalue weighted by Gasteiger charge is -2.37. The number of carbonyl (C=O) groups excluding carboxylic acids is 1. The fraction of sp³-hybridized carbons (Fsp3) is 0.500. The molecule has 0 amide bonds. The van der Waals surface area contributed by atoms with Crippen LogP contribution in [-0.2, 0) is 15.1 Å². The van der Waals surface area contributed by atoms with Crippen molar-refractivity contribution in [3.8, 4) is 0 Å². The molecule has 0 aliphatic carbocycles. The summed E-state index contributed by atoms with van der Waals surface area (Å²) in [6, 6.07) is 8.21. The van der Waals surface area contributed by atoms with E-state index >= 15 is 0 Å². The first kappa shape index (κ1) is 13.4. The lowest BCUT2D eigenvalue weighted by atomic mass is 9.86. The molecule has 0 bridgehead atoms. The number of benzene rings is 1. The molecule has 2 rings (SSSR count). The Morgan fingerprint density at radius 1 is 1.44 bits per heavy atom. The van der Waals surface area contributed by atoms with Crippen LogP contribution in [0.5, 0.6) is 0 Å².